The third-order valence-corrected chi connectivity index (χ3v) is 3.04. The molecule has 0 aliphatic heterocycles. The van der Waals surface area contributed by atoms with Crippen LogP contribution in [0, 0.1) is 0 Å². The summed E-state index contributed by atoms with van der Waals surface area (Å²) in [4.78, 5) is 15.7. The second-order valence-electron chi connectivity index (χ2n) is 4.04. The van der Waals surface area contributed by atoms with Crippen LogP contribution in [-0.4, -0.2) is 10.9 Å². The van der Waals surface area contributed by atoms with E-state index in [2.05, 4.69) is 10.3 Å². The summed E-state index contributed by atoms with van der Waals surface area (Å²) in [5.74, 6) is -0.677. The van der Waals surface area contributed by atoms with Crippen LogP contribution in [0.25, 0.3) is 0 Å². The Morgan fingerprint density at radius 2 is 1.90 bits per heavy atom. The molecule has 1 N–H and O–H groups in total. The summed E-state index contributed by atoms with van der Waals surface area (Å²) < 4.78 is 38.0. The fourth-order valence-electron chi connectivity index (χ4n) is 1.57. The molecule has 1 aromatic heterocycles. The lowest BCUT2D eigenvalue weighted by molar-refractivity contribution is -0.137. The fourth-order valence-corrected chi connectivity index (χ4v) is 1.99. The lowest BCUT2D eigenvalue weighted by atomic mass is 10.2. The molecule has 0 aliphatic carbocycles. The van der Waals surface area contributed by atoms with Crippen LogP contribution in [0.2, 0.25) is 10.0 Å². The van der Waals surface area contributed by atoms with Gasteiger partial charge in [0, 0.05) is 23.1 Å². The zero-order chi connectivity index (χ0) is 15.6. The lowest BCUT2D eigenvalue weighted by Gasteiger charge is -2.11. The first-order valence-corrected chi connectivity index (χ1v) is 6.31. The standard InChI is InChI=1S/C13H7Cl2F3N2O/c14-8-3-7(13(16,17)18)4-9(5-8)20-12(21)10-6-19-2-1-11(10)15/h1-6H,(H,20,21). The maximum absolute atomic E-state index is 12.7. The molecule has 0 radical (unpaired) electrons. The molecule has 1 aromatic carbocycles. The topological polar surface area (TPSA) is 42.0 Å². The Bertz CT molecular complexity index is 689. The number of hydrogen-bond acceptors (Lipinski definition) is 2. The molecule has 0 atom stereocenters. The molecule has 1 heterocycles. The number of alkyl halides is 3. The molecule has 110 valence electrons. The van der Waals surface area contributed by atoms with Crippen LogP contribution in [0.5, 0.6) is 0 Å². The van der Waals surface area contributed by atoms with Crippen molar-refractivity contribution in [1.82, 2.24) is 4.98 Å². The van der Waals surface area contributed by atoms with E-state index in [0.29, 0.717) is 0 Å². The predicted octanol–water partition coefficient (Wildman–Crippen LogP) is 4.66. The number of pyridine rings is 1. The van der Waals surface area contributed by atoms with E-state index in [1.54, 1.807) is 0 Å². The molecule has 21 heavy (non-hydrogen) atoms. The Morgan fingerprint density at radius 1 is 1.19 bits per heavy atom. The van der Waals surface area contributed by atoms with Crippen LogP contribution in [0.15, 0.2) is 36.7 Å². The molecule has 1 amide bonds. The van der Waals surface area contributed by atoms with Gasteiger partial charge in [0.1, 0.15) is 0 Å². The van der Waals surface area contributed by atoms with Crippen molar-refractivity contribution in [2.24, 2.45) is 0 Å². The second-order valence-corrected chi connectivity index (χ2v) is 4.88. The largest absolute Gasteiger partial charge is 0.416 e. The molecule has 0 unspecified atom stereocenters. The van der Waals surface area contributed by atoms with E-state index in [1.807, 2.05) is 0 Å². The minimum absolute atomic E-state index is 0.0488. The highest BCUT2D eigenvalue weighted by Gasteiger charge is 2.31. The third kappa shape index (κ3) is 3.86. The van der Waals surface area contributed by atoms with Crippen molar-refractivity contribution in [1.29, 1.82) is 0 Å². The van der Waals surface area contributed by atoms with E-state index in [9.17, 15) is 18.0 Å². The number of carbonyl (C=O) groups excluding carboxylic acids is 1. The number of halogens is 5. The highest BCUT2D eigenvalue weighted by Crippen LogP contribution is 2.33. The average molecular weight is 335 g/mol. The van der Waals surface area contributed by atoms with E-state index in [4.69, 9.17) is 23.2 Å². The maximum atomic E-state index is 12.7. The molecule has 0 aliphatic rings. The van der Waals surface area contributed by atoms with Gasteiger partial charge in [-0.05, 0) is 24.3 Å². The molecule has 0 saturated carbocycles. The van der Waals surface area contributed by atoms with E-state index in [-0.39, 0.29) is 21.3 Å². The number of carbonyl (C=O) groups is 1. The van der Waals surface area contributed by atoms with Crippen molar-refractivity contribution in [3.05, 3.63) is 57.8 Å². The fraction of sp³-hybridized carbons (Fsp3) is 0.0769. The molecular weight excluding hydrogens is 328 g/mol. The van der Waals surface area contributed by atoms with Gasteiger partial charge in [0.15, 0.2) is 0 Å². The first-order chi connectivity index (χ1) is 9.77. The molecule has 0 fully saturated rings. The molecule has 2 rings (SSSR count). The molecule has 0 spiro atoms. The van der Waals surface area contributed by atoms with Crippen molar-refractivity contribution < 1.29 is 18.0 Å². The summed E-state index contributed by atoms with van der Waals surface area (Å²) in [5.41, 5.74) is -0.991. The molecule has 0 bridgehead atoms. The SMILES string of the molecule is O=C(Nc1cc(Cl)cc(C(F)(F)F)c1)c1cnccc1Cl. The summed E-state index contributed by atoms with van der Waals surface area (Å²) in [6.07, 6.45) is -1.95. The van der Waals surface area contributed by atoms with Crippen molar-refractivity contribution in [2.75, 3.05) is 5.32 Å². The Kier molecular flexibility index (Phi) is 4.39. The van der Waals surface area contributed by atoms with E-state index in [0.717, 1.165) is 12.1 Å². The third-order valence-electron chi connectivity index (χ3n) is 2.50. The number of amides is 1. The van der Waals surface area contributed by atoms with E-state index >= 15 is 0 Å². The maximum Gasteiger partial charge on any atom is 0.416 e. The van der Waals surface area contributed by atoms with Gasteiger partial charge in [0.25, 0.3) is 5.91 Å². The molecule has 3 nitrogen and oxygen atoms in total. The minimum Gasteiger partial charge on any atom is -0.322 e. The molecule has 2 aromatic rings. The number of rotatable bonds is 2. The minimum atomic E-state index is -4.56. The Balaban J connectivity index is 2.30. The van der Waals surface area contributed by atoms with Crippen molar-refractivity contribution >= 4 is 34.8 Å². The van der Waals surface area contributed by atoms with Gasteiger partial charge in [-0.1, -0.05) is 23.2 Å². The van der Waals surface area contributed by atoms with Gasteiger partial charge < -0.3 is 5.32 Å². The zero-order valence-corrected chi connectivity index (χ0v) is 11.7. The van der Waals surface area contributed by atoms with Gasteiger partial charge in [-0.15, -0.1) is 0 Å². The quantitative estimate of drug-likeness (QED) is 0.867. The number of nitrogens with zero attached hydrogens (tertiary/aromatic N) is 1. The number of aromatic nitrogens is 1. The summed E-state index contributed by atoms with van der Waals surface area (Å²) in [6, 6.07) is 4.16. The number of hydrogen-bond donors (Lipinski definition) is 1. The van der Waals surface area contributed by atoms with Gasteiger partial charge in [-0.2, -0.15) is 13.2 Å². The molecule has 0 saturated heterocycles. The first kappa shape index (κ1) is 15.6. The summed E-state index contributed by atoms with van der Waals surface area (Å²) >= 11 is 11.4. The molecule has 8 heteroatoms. The highest BCUT2D eigenvalue weighted by atomic mass is 35.5. The van der Waals surface area contributed by atoms with Gasteiger partial charge in [-0.3, -0.25) is 9.78 Å². The van der Waals surface area contributed by atoms with Crippen LogP contribution in [-0.2, 0) is 6.18 Å². The number of nitrogens with one attached hydrogen (secondary N) is 1. The molecular formula is C13H7Cl2F3N2O. The van der Waals surface area contributed by atoms with Crippen LogP contribution in [0.1, 0.15) is 15.9 Å². The smallest absolute Gasteiger partial charge is 0.322 e. The Labute approximate surface area is 127 Å². The highest BCUT2D eigenvalue weighted by molar-refractivity contribution is 6.34. The number of benzene rings is 1. The van der Waals surface area contributed by atoms with Gasteiger partial charge in [0.05, 0.1) is 16.1 Å². The summed E-state index contributed by atoms with van der Waals surface area (Å²) in [5, 5.41) is 2.30. The van der Waals surface area contributed by atoms with Crippen molar-refractivity contribution in [2.45, 2.75) is 6.18 Å². The zero-order valence-electron chi connectivity index (χ0n) is 10.2. The second kappa shape index (κ2) is 5.91. The monoisotopic (exact) mass is 334 g/mol. The van der Waals surface area contributed by atoms with Crippen molar-refractivity contribution in [3.8, 4) is 0 Å². The first-order valence-electron chi connectivity index (χ1n) is 5.56. The normalized spacial score (nSPS) is 11.3. The Morgan fingerprint density at radius 3 is 2.52 bits per heavy atom. The van der Waals surface area contributed by atoms with E-state index in [1.165, 1.54) is 24.5 Å². The van der Waals surface area contributed by atoms with E-state index < -0.39 is 17.6 Å². The van der Waals surface area contributed by atoms with Crippen LogP contribution in [0.4, 0.5) is 18.9 Å². The van der Waals surface area contributed by atoms with Gasteiger partial charge >= 0.3 is 6.18 Å². The van der Waals surface area contributed by atoms with Gasteiger partial charge in [-0.25, -0.2) is 0 Å². The van der Waals surface area contributed by atoms with Crippen LogP contribution < -0.4 is 5.32 Å². The van der Waals surface area contributed by atoms with Crippen LogP contribution >= 0.6 is 23.2 Å². The summed E-state index contributed by atoms with van der Waals surface area (Å²) in [6.45, 7) is 0. The summed E-state index contributed by atoms with van der Waals surface area (Å²) in [7, 11) is 0. The number of anilines is 1. The predicted molar refractivity (Wildman–Crippen MR) is 73.7 cm³/mol. The lowest BCUT2D eigenvalue weighted by Crippen LogP contribution is -2.14. The van der Waals surface area contributed by atoms with Crippen LogP contribution in [0.3, 0.4) is 0 Å². The Hall–Kier alpha value is -1.79. The van der Waals surface area contributed by atoms with Gasteiger partial charge in [0.2, 0.25) is 0 Å². The van der Waals surface area contributed by atoms with Crippen molar-refractivity contribution in [3.63, 3.8) is 0 Å². The average Bonchev–Trinajstić information content (AvgIpc) is 2.37.